The first-order valence-corrected chi connectivity index (χ1v) is 10.8. The molecule has 152 valence electrons. The Morgan fingerprint density at radius 2 is 1.75 bits per heavy atom. The lowest BCUT2D eigenvalue weighted by Gasteiger charge is -2.28. The second kappa shape index (κ2) is 9.54. The van der Waals surface area contributed by atoms with E-state index in [1.165, 1.54) is 25.1 Å². The monoisotopic (exact) mass is 407 g/mol. The topological polar surface area (TPSA) is 69.7 Å². The summed E-state index contributed by atoms with van der Waals surface area (Å²) in [5, 5.41) is 2.76. The average Bonchev–Trinajstić information content (AvgIpc) is 2.64. The summed E-state index contributed by atoms with van der Waals surface area (Å²) >= 11 is 0. The maximum atomic E-state index is 13.5. The van der Waals surface area contributed by atoms with Gasteiger partial charge in [0.25, 0.3) is 0 Å². The van der Waals surface area contributed by atoms with Gasteiger partial charge in [0.05, 0.1) is 11.9 Å². The Morgan fingerprint density at radius 3 is 2.36 bits per heavy atom. The van der Waals surface area contributed by atoms with Crippen LogP contribution in [0.25, 0.3) is 0 Å². The first-order valence-electron chi connectivity index (χ1n) is 8.99. The highest BCUT2D eigenvalue weighted by molar-refractivity contribution is 7.92. The quantitative estimate of drug-likeness (QED) is 0.649. The van der Waals surface area contributed by atoms with E-state index in [1.807, 2.05) is 37.4 Å². The number of nitrogens with one attached hydrogen (secondary N) is 1. The van der Waals surface area contributed by atoms with Crippen molar-refractivity contribution in [2.24, 2.45) is 0 Å². The summed E-state index contributed by atoms with van der Waals surface area (Å²) in [6.07, 6.45) is 1.69. The number of rotatable bonds is 9. The SMILES string of the molecule is C[C@@H](C(=O)NCCCN(C)c1ccccc1)N(c1cccc(F)c1)S(C)(=O)=O. The van der Waals surface area contributed by atoms with Crippen LogP contribution in [0.5, 0.6) is 0 Å². The molecule has 0 heterocycles. The molecule has 2 aromatic carbocycles. The molecule has 0 aromatic heterocycles. The summed E-state index contributed by atoms with van der Waals surface area (Å²) < 4.78 is 38.8. The van der Waals surface area contributed by atoms with Crippen molar-refractivity contribution in [3.63, 3.8) is 0 Å². The standard InChI is InChI=1S/C20H26FN3O3S/c1-16(24(28(3,26)27)19-12-7-9-17(21)15-19)20(25)22-13-8-14-23(2)18-10-5-4-6-11-18/h4-7,9-12,15-16H,8,13-14H2,1-3H3,(H,22,25)/t16-/m0/s1. The van der Waals surface area contributed by atoms with Gasteiger partial charge in [0.15, 0.2) is 0 Å². The highest BCUT2D eigenvalue weighted by atomic mass is 32.2. The highest BCUT2D eigenvalue weighted by Gasteiger charge is 2.29. The number of para-hydroxylation sites is 1. The number of benzene rings is 2. The van der Waals surface area contributed by atoms with Crippen molar-refractivity contribution in [2.75, 3.05) is 35.6 Å². The minimum absolute atomic E-state index is 0.119. The zero-order chi connectivity index (χ0) is 20.7. The van der Waals surface area contributed by atoms with Crippen LogP contribution in [0.4, 0.5) is 15.8 Å². The first-order chi connectivity index (χ1) is 13.2. The molecule has 0 saturated heterocycles. The molecule has 0 saturated carbocycles. The van der Waals surface area contributed by atoms with E-state index in [9.17, 15) is 17.6 Å². The Hall–Kier alpha value is -2.61. The number of hydrogen-bond acceptors (Lipinski definition) is 4. The van der Waals surface area contributed by atoms with Gasteiger partial charge in [-0.15, -0.1) is 0 Å². The molecule has 0 radical (unpaired) electrons. The van der Waals surface area contributed by atoms with E-state index in [0.717, 1.165) is 28.9 Å². The van der Waals surface area contributed by atoms with Crippen molar-refractivity contribution in [3.8, 4) is 0 Å². The van der Waals surface area contributed by atoms with E-state index < -0.39 is 27.8 Å². The molecular formula is C20H26FN3O3S. The Balaban J connectivity index is 1.94. The summed E-state index contributed by atoms with van der Waals surface area (Å²) in [6, 6.07) is 14.1. The molecule has 0 unspecified atom stereocenters. The van der Waals surface area contributed by atoms with Crippen LogP contribution < -0.4 is 14.5 Å². The van der Waals surface area contributed by atoms with Crippen molar-refractivity contribution < 1.29 is 17.6 Å². The summed E-state index contributed by atoms with van der Waals surface area (Å²) in [7, 11) is -1.79. The van der Waals surface area contributed by atoms with Gasteiger partial charge in [0, 0.05) is 25.8 Å². The second-order valence-electron chi connectivity index (χ2n) is 6.62. The number of hydrogen-bond donors (Lipinski definition) is 1. The van der Waals surface area contributed by atoms with Gasteiger partial charge >= 0.3 is 0 Å². The van der Waals surface area contributed by atoms with E-state index in [2.05, 4.69) is 10.2 Å². The second-order valence-corrected chi connectivity index (χ2v) is 8.48. The number of amides is 1. The molecule has 6 nitrogen and oxygen atoms in total. The van der Waals surface area contributed by atoms with Crippen LogP contribution in [-0.4, -0.2) is 46.8 Å². The zero-order valence-corrected chi connectivity index (χ0v) is 17.1. The number of halogens is 1. The van der Waals surface area contributed by atoms with Gasteiger partial charge < -0.3 is 10.2 Å². The van der Waals surface area contributed by atoms with Crippen LogP contribution in [-0.2, 0) is 14.8 Å². The molecule has 8 heteroatoms. The van der Waals surface area contributed by atoms with Gasteiger partial charge in [0.1, 0.15) is 11.9 Å². The van der Waals surface area contributed by atoms with Gasteiger partial charge in [-0.3, -0.25) is 9.10 Å². The molecule has 0 aliphatic carbocycles. The molecule has 0 aliphatic heterocycles. The van der Waals surface area contributed by atoms with Gasteiger partial charge in [-0.1, -0.05) is 24.3 Å². The number of sulfonamides is 1. The first kappa shape index (κ1) is 21.7. The van der Waals surface area contributed by atoms with Gasteiger partial charge in [-0.05, 0) is 43.7 Å². The molecule has 1 N–H and O–H groups in total. The third-order valence-electron chi connectivity index (χ3n) is 4.32. The fourth-order valence-electron chi connectivity index (χ4n) is 2.91. The summed E-state index contributed by atoms with van der Waals surface area (Å²) in [6.45, 7) is 2.62. The molecule has 0 spiro atoms. The van der Waals surface area contributed by atoms with Crippen LogP contribution in [0.3, 0.4) is 0 Å². The van der Waals surface area contributed by atoms with Crippen LogP contribution in [0.2, 0.25) is 0 Å². The van der Waals surface area contributed by atoms with Crippen LogP contribution in [0, 0.1) is 5.82 Å². The van der Waals surface area contributed by atoms with Crippen LogP contribution in [0.1, 0.15) is 13.3 Å². The number of nitrogens with zero attached hydrogens (tertiary/aromatic N) is 2. The molecule has 2 rings (SSSR count). The van der Waals surface area contributed by atoms with Gasteiger partial charge in [-0.2, -0.15) is 0 Å². The molecule has 0 bridgehead atoms. The molecule has 28 heavy (non-hydrogen) atoms. The lowest BCUT2D eigenvalue weighted by Crippen LogP contribution is -2.48. The summed E-state index contributed by atoms with van der Waals surface area (Å²) in [4.78, 5) is 14.6. The highest BCUT2D eigenvalue weighted by Crippen LogP contribution is 2.21. The van der Waals surface area contributed by atoms with Crippen molar-refractivity contribution in [1.29, 1.82) is 0 Å². The lowest BCUT2D eigenvalue weighted by molar-refractivity contribution is -0.121. The molecular weight excluding hydrogens is 381 g/mol. The predicted molar refractivity (Wildman–Crippen MR) is 111 cm³/mol. The van der Waals surface area contributed by atoms with E-state index in [4.69, 9.17) is 0 Å². The van der Waals surface area contributed by atoms with E-state index in [0.29, 0.717) is 13.0 Å². The Bertz CT molecular complexity index is 891. The largest absolute Gasteiger partial charge is 0.375 e. The fourth-order valence-corrected chi connectivity index (χ4v) is 4.08. The minimum Gasteiger partial charge on any atom is -0.375 e. The van der Waals surface area contributed by atoms with Gasteiger partial charge in [-0.25, -0.2) is 12.8 Å². The predicted octanol–water partition coefficient (Wildman–Crippen LogP) is 2.62. The lowest BCUT2D eigenvalue weighted by atomic mass is 10.2. The third kappa shape index (κ3) is 5.95. The molecule has 1 atom stereocenters. The number of anilines is 2. The zero-order valence-electron chi connectivity index (χ0n) is 16.3. The van der Waals surface area contributed by atoms with E-state index in [1.54, 1.807) is 0 Å². The van der Waals surface area contributed by atoms with Gasteiger partial charge in [0.2, 0.25) is 15.9 Å². The van der Waals surface area contributed by atoms with Crippen molar-refractivity contribution in [1.82, 2.24) is 5.32 Å². The van der Waals surface area contributed by atoms with Crippen LogP contribution in [0.15, 0.2) is 54.6 Å². The summed E-state index contributed by atoms with van der Waals surface area (Å²) in [5.41, 5.74) is 1.20. The maximum Gasteiger partial charge on any atom is 0.243 e. The Labute approximate surface area is 166 Å². The number of carbonyl (C=O) groups is 1. The van der Waals surface area contributed by atoms with Crippen molar-refractivity contribution in [2.45, 2.75) is 19.4 Å². The van der Waals surface area contributed by atoms with E-state index >= 15 is 0 Å². The molecule has 0 fully saturated rings. The normalized spacial score (nSPS) is 12.3. The van der Waals surface area contributed by atoms with E-state index in [-0.39, 0.29) is 5.69 Å². The Kier molecular flexibility index (Phi) is 7.39. The third-order valence-corrected chi connectivity index (χ3v) is 5.56. The summed E-state index contributed by atoms with van der Waals surface area (Å²) in [5.74, 6) is -1.00. The fraction of sp³-hybridized carbons (Fsp3) is 0.350. The van der Waals surface area contributed by atoms with Crippen molar-refractivity contribution >= 4 is 27.3 Å². The maximum absolute atomic E-state index is 13.5. The molecule has 1 amide bonds. The minimum atomic E-state index is -3.76. The number of carbonyl (C=O) groups excluding carboxylic acids is 1. The smallest absolute Gasteiger partial charge is 0.243 e. The average molecular weight is 408 g/mol. The molecule has 0 aliphatic rings. The van der Waals surface area contributed by atoms with Crippen molar-refractivity contribution in [3.05, 3.63) is 60.4 Å². The Morgan fingerprint density at radius 1 is 1.11 bits per heavy atom. The molecule has 2 aromatic rings. The van der Waals surface area contributed by atoms with Crippen LogP contribution >= 0.6 is 0 Å².